The van der Waals surface area contributed by atoms with Gasteiger partial charge in [0.25, 0.3) is 0 Å². The van der Waals surface area contributed by atoms with E-state index in [-0.39, 0.29) is 35.6 Å². The molecule has 4 unspecified atom stereocenters. The van der Waals surface area contributed by atoms with Crippen LogP contribution >= 0.6 is 0 Å². The predicted octanol–water partition coefficient (Wildman–Crippen LogP) is 5.18. The van der Waals surface area contributed by atoms with Gasteiger partial charge in [-0.2, -0.15) is 0 Å². The molecular weight excluding hydrogens is 348 g/mol. The van der Waals surface area contributed by atoms with Crippen molar-refractivity contribution in [1.82, 2.24) is 0 Å². The van der Waals surface area contributed by atoms with E-state index in [1.165, 1.54) is 16.7 Å². The second kappa shape index (κ2) is 6.31. The van der Waals surface area contributed by atoms with E-state index in [4.69, 9.17) is 4.74 Å². The highest BCUT2D eigenvalue weighted by Gasteiger charge is 2.59. The number of Topliss-reactive ketones (excluding diaryl/α,β-unsaturated/α-hetero) is 1. The van der Waals surface area contributed by atoms with Crippen LogP contribution in [-0.4, -0.2) is 23.1 Å². The van der Waals surface area contributed by atoms with Gasteiger partial charge in [-0.3, -0.25) is 4.79 Å². The Bertz CT molecular complexity index is 1020. The standard InChI is InChI=1S/C25H26O3/c1-4-15-6-7-16(17-8-5-13(2)11-14(17)3)12-18(15)21-24(26)22-19-9-10-20(28-19)23(22)25(21)27/h5-8,11-12,19-20,22-23,26H,4,9-10H2,1-3H3. The van der Waals surface area contributed by atoms with Gasteiger partial charge >= 0.3 is 0 Å². The summed E-state index contributed by atoms with van der Waals surface area (Å²) in [7, 11) is 0. The van der Waals surface area contributed by atoms with Gasteiger partial charge in [0, 0.05) is 0 Å². The number of aryl methyl sites for hydroxylation is 3. The van der Waals surface area contributed by atoms with Gasteiger partial charge in [0.1, 0.15) is 5.76 Å². The third-order valence-electron chi connectivity index (χ3n) is 6.85. The van der Waals surface area contributed by atoms with Crippen molar-refractivity contribution in [2.24, 2.45) is 11.8 Å². The minimum absolute atomic E-state index is 0.00375. The number of benzene rings is 2. The zero-order chi connectivity index (χ0) is 19.6. The van der Waals surface area contributed by atoms with Gasteiger partial charge in [-0.25, -0.2) is 0 Å². The third-order valence-corrected chi connectivity index (χ3v) is 6.85. The van der Waals surface area contributed by atoms with Gasteiger partial charge in [0.15, 0.2) is 5.78 Å². The molecule has 3 nitrogen and oxygen atoms in total. The van der Waals surface area contributed by atoms with Crippen molar-refractivity contribution >= 4 is 11.4 Å². The Morgan fingerprint density at radius 1 is 1.00 bits per heavy atom. The number of carbonyl (C=O) groups excluding carboxylic acids is 1. The number of ketones is 1. The molecule has 2 aliphatic heterocycles. The number of rotatable bonds is 3. The van der Waals surface area contributed by atoms with Crippen LogP contribution in [0, 0.1) is 25.7 Å². The summed E-state index contributed by atoms with van der Waals surface area (Å²) in [6.07, 6.45) is 2.69. The number of hydrogen-bond donors (Lipinski definition) is 1. The molecule has 2 fully saturated rings. The van der Waals surface area contributed by atoms with Crippen LogP contribution < -0.4 is 0 Å². The van der Waals surface area contributed by atoms with Gasteiger partial charge in [-0.15, -0.1) is 0 Å². The molecule has 2 heterocycles. The van der Waals surface area contributed by atoms with Gasteiger partial charge in [-0.1, -0.05) is 42.8 Å². The number of aliphatic hydroxyl groups excluding tert-OH is 1. The largest absolute Gasteiger partial charge is 0.511 e. The Morgan fingerprint density at radius 2 is 1.75 bits per heavy atom. The predicted molar refractivity (Wildman–Crippen MR) is 110 cm³/mol. The maximum atomic E-state index is 13.3. The number of fused-ring (bicyclic) bond motifs is 5. The number of allylic oxidation sites excluding steroid dienone is 1. The van der Waals surface area contributed by atoms with Crippen LogP contribution in [0.5, 0.6) is 0 Å². The number of hydrogen-bond acceptors (Lipinski definition) is 3. The van der Waals surface area contributed by atoms with Gasteiger partial charge < -0.3 is 9.84 Å². The summed E-state index contributed by atoms with van der Waals surface area (Å²) < 4.78 is 5.93. The molecule has 0 spiro atoms. The molecule has 144 valence electrons. The maximum absolute atomic E-state index is 13.3. The summed E-state index contributed by atoms with van der Waals surface area (Å²) in [5.41, 5.74) is 7.26. The van der Waals surface area contributed by atoms with Crippen molar-refractivity contribution in [2.45, 2.75) is 52.2 Å². The fourth-order valence-electron chi connectivity index (χ4n) is 5.51. The quantitative estimate of drug-likeness (QED) is 0.805. The Balaban J connectivity index is 1.64. The highest BCUT2D eigenvalue weighted by atomic mass is 16.5. The van der Waals surface area contributed by atoms with Crippen LogP contribution in [0.25, 0.3) is 16.7 Å². The minimum Gasteiger partial charge on any atom is -0.511 e. The molecule has 3 aliphatic rings. The topological polar surface area (TPSA) is 46.5 Å². The average Bonchev–Trinajstić information content (AvgIpc) is 3.35. The summed E-state index contributed by atoms with van der Waals surface area (Å²) in [6, 6.07) is 12.8. The Kier molecular flexibility index (Phi) is 3.99. The Labute approximate surface area is 166 Å². The third kappa shape index (κ3) is 2.42. The lowest BCUT2D eigenvalue weighted by molar-refractivity contribution is -0.118. The molecule has 2 aromatic carbocycles. The summed E-state index contributed by atoms with van der Waals surface area (Å²) in [6.45, 7) is 6.31. The maximum Gasteiger partial charge on any atom is 0.173 e. The normalized spacial score (nSPS) is 28.3. The van der Waals surface area contributed by atoms with E-state index >= 15 is 0 Å². The van der Waals surface area contributed by atoms with Gasteiger partial charge in [0.2, 0.25) is 0 Å². The van der Waals surface area contributed by atoms with E-state index < -0.39 is 0 Å². The van der Waals surface area contributed by atoms with Crippen LogP contribution in [0.1, 0.15) is 42.0 Å². The molecule has 0 aromatic heterocycles. The number of carbonyl (C=O) groups is 1. The monoisotopic (exact) mass is 374 g/mol. The highest BCUT2D eigenvalue weighted by Crippen LogP contribution is 2.54. The first-order valence-corrected chi connectivity index (χ1v) is 10.3. The summed E-state index contributed by atoms with van der Waals surface area (Å²) in [5, 5.41) is 11.1. The summed E-state index contributed by atoms with van der Waals surface area (Å²) in [5.74, 6) is -0.00389. The van der Waals surface area contributed by atoms with E-state index in [2.05, 4.69) is 57.2 Å². The fourth-order valence-corrected chi connectivity index (χ4v) is 5.51. The molecule has 4 atom stereocenters. The molecule has 28 heavy (non-hydrogen) atoms. The SMILES string of the molecule is CCc1ccc(-c2ccc(C)cc2C)cc1C1=C(O)C2C3CCC(O3)C2C1=O. The molecule has 3 heteroatoms. The number of aliphatic hydroxyl groups is 1. The van der Waals surface area contributed by atoms with E-state index in [9.17, 15) is 9.90 Å². The molecule has 2 bridgehead atoms. The van der Waals surface area contributed by atoms with Crippen molar-refractivity contribution in [3.05, 3.63) is 64.4 Å². The average molecular weight is 374 g/mol. The molecule has 0 amide bonds. The molecular formula is C25H26O3. The van der Waals surface area contributed by atoms with Crippen LogP contribution in [0.2, 0.25) is 0 Å². The molecule has 1 N–H and O–H groups in total. The molecule has 2 aromatic rings. The molecule has 5 rings (SSSR count). The van der Waals surface area contributed by atoms with Crippen molar-refractivity contribution < 1.29 is 14.6 Å². The minimum atomic E-state index is -0.191. The number of ether oxygens (including phenoxy) is 1. The molecule has 0 radical (unpaired) electrons. The van der Waals surface area contributed by atoms with Gasteiger partial charge in [0.05, 0.1) is 29.6 Å². The fraction of sp³-hybridized carbons (Fsp3) is 0.400. The Morgan fingerprint density at radius 3 is 2.43 bits per heavy atom. The summed E-state index contributed by atoms with van der Waals surface area (Å²) >= 11 is 0. The first-order chi connectivity index (χ1) is 13.5. The lowest BCUT2D eigenvalue weighted by Crippen LogP contribution is -2.29. The zero-order valence-electron chi connectivity index (χ0n) is 16.7. The van der Waals surface area contributed by atoms with Crippen molar-refractivity contribution in [2.75, 3.05) is 0 Å². The lowest BCUT2D eigenvalue weighted by atomic mass is 9.80. The first-order valence-electron chi connectivity index (χ1n) is 10.3. The first kappa shape index (κ1) is 17.7. The zero-order valence-corrected chi connectivity index (χ0v) is 16.7. The summed E-state index contributed by atoms with van der Waals surface area (Å²) in [4.78, 5) is 13.3. The van der Waals surface area contributed by atoms with E-state index in [1.54, 1.807) is 0 Å². The van der Waals surface area contributed by atoms with E-state index in [0.717, 1.165) is 36.0 Å². The lowest BCUT2D eigenvalue weighted by Gasteiger charge is -2.19. The highest BCUT2D eigenvalue weighted by molar-refractivity contribution is 6.25. The smallest absolute Gasteiger partial charge is 0.173 e. The molecule has 1 aliphatic carbocycles. The Hall–Kier alpha value is -2.39. The van der Waals surface area contributed by atoms with Crippen molar-refractivity contribution in [1.29, 1.82) is 0 Å². The second-order valence-corrected chi connectivity index (χ2v) is 8.51. The van der Waals surface area contributed by atoms with E-state index in [1.807, 2.05) is 0 Å². The molecule has 0 saturated carbocycles. The van der Waals surface area contributed by atoms with Crippen LogP contribution in [0.15, 0.2) is 42.2 Å². The molecule has 2 saturated heterocycles. The van der Waals surface area contributed by atoms with E-state index in [0.29, 0.717) is 5.57 Å². The van der Waals surface area contributed by atoms with Gasteiger partial charge in [-0.05, 0) is 67.0 Å². The second-order valence-electron chi connectivity index (χ2n) is 8.51. The van der Waals surface area contributed by atoms with Crippen LogP contribution in [-0.2, 0) is 16.0 Å². The van der Waals surface area contributed by atoms with Crippen LogP contribution in [0.3, 0.4) is 0 Å². The van der Waals surface area contributed by atoms with Crippen LogP contribution in [0.4, 0.5) is 0 Å². The van der Waals surface area contributed by atoms with Crippen molar-refractivity contribution in [3.8, 4) is 11.1 Å². The van der Waals surface area contributed by atoms with Crippen molar-refractivity contribution in [3.63, 3.8) is 0 Å².